The number of fused-ring (bicyclic) bond motifs is 5. The van der Waals surface area contributed by atoms with Crippen LogP contribution in [0.5, 0.6) is 17.4 Å². The van der Waals surface area contributed by atoms with E-state index in [-0.39, 0.29) is 23.7 Å². The summed E-state index contributed by atoms with van der Waals surface area (Å²) in [7, 11) is 1.58. The summed E-state index contributed by atoms with van der Waals surface area (Å²) < 4.78 is 14.4. The molecular weight excluding hydrogens is 498 g/mol. The van der Waals surface area contributed by atoms with Crippen molar-refractivity contribution >= 4 is 22.5 Å². The van der Waals surface area contributed by atoms with Crippen LogP contribution in [-0.4, -0.2) is 47.0 Å². The molecule has 10 nitrogen and oxygen atoms in total. The van der Waals surface area contributed by atoms with E-state index >= 15 is 0 Å². The van der Waals surface area contributed by atoms with Crippen molar-refractivity contribution in [3.05, 3.63) is 82.8 Å². The topological polar surface area (TPSA) is 112 Å². The van der Waals surface area contributed by atoms with Crippen LogP contribution in [0.3, 0.4) is 0 Å². The average molecular weight is 529 g/mol. The van der Waals surface area contributed by atoms with Crippen LogP contribution in [0.4, 0.5) is 5.69 Å². The Hall–Kier alpha value is -4.44. The SMILES string of the molecule is COc1ccc(OCC(=O)N=Nc2c(O)n(C[NH+]3CC4CC(C3)c3cccc(=O)n3C4)c3ccccc23)cc1. The van der Waals surface area contributed by atoms with Crippen LogP contribution in [0.1, 0.15) is 18.0 Å². The number of carbonyl (C=O) groups is 1. The van der Waals surface area contributed by atoms with Crippen molar-refractivity contribution in [2.45, 2.75) is 25.6 Å². The summed E-state index contributed by atoms with van der Waals surface area (Å²) in [5, 5.41) is 19.9. The van der Waals surface area contributed by atoms with Crippen LogP contribution in [0.15, 0.2) is 81.8 Å². The number of hydrogen-bond acceptors (Lipinski definition) is 6. The molecule has 0 spiro atoms. The number of pyridine rings is 1. The molecule has 39 heavy (non-hydrogen) atoms. The maximum Gasteiger partial charge on any atom is 0.302 e. The molecule has 0 radical (unpaired) electrons. The van der Waals surface area contributed by atoms with E-state index in [4.69, 9.17) is 9.47 Å². The molecule has 200 valence electrons. The zero-order chi connectivity index (χ0) is 26.9. The number of piperidine rings is 1. The standard InChI is InChI=1S/C29H29N5O5/c1-38-21-9-11-22(12-10-21)39-17-26(35)30-31-28-23-5-2-3-6-25(23)34(29(28)37)18-32-14-19-13-20(16-32)24-7-4-8-27(36)33(24)15-19/h2-12,19-20,37H,13-18H2,1H3/p+1. The zero-order valence-electron chi connectivity index (χ0n) is 21.6. The summed E-state index contributed by atoms with van der Waals surface area (Å²) in [6, 6.07) is 20.0. The number of aromatic hydroxyl groups is 1. The van der Waals surface area contributed by atoms with Crippen molar-refractivity contribution < 1.29 is 24.3 Å². The number of azo groups is 1. The number of hydrogen-bond donors (Lipinski definition) is 2. The van der Waals surface area contributed by atoms with E-state index in [0.29, 0.717) is 30.0 Å². The first-order valence-electron chi connectivity index (χ1n) is 13.0. The molecule has 2 bridgehead atoms. The molecule has 2 aliphatic rings. The maximum atomic E-state index is 12.4. The first-order valence-corrected chi connectivity index (χ1v) is 13.0. The molecule has 2 aromatic carbocycles. The van der Waals surface area contributed by atoms with Crippen molar-refractivity contribution in [3.63, 3.8) is 0 Å². The fourth-order valence-corrected chi connectivity index (χ4v) is 5.95. The molecule has 0 aliphatic carbocycles. The summed E-state index contributed by atoms with van der Waals surface area (Å²) in [6.07, 6.45) is 1.07. The number of nitrogens with one attached hydrogen (secondary N) is 1. The number of carbonyl (C=O) groups excluding carboxylic acids is 1. The Morgan fingerprint density at radius 3 is 2.67 bits per heavy atom. The first-order chi connectivity index (χ1) is 19.0. The summed E-state index contributed by atoms with van der Waals surface area (Å²) in [5.74, 6) is 1.32. The second kappa shape index (κ2) is 10.4. The first kappa shape index (κ1) is 24.9. The Bertz CT molecular complexity index is 1610. The van der Waals surface area contributed by atoms with Gasteiger partial charge in [-0.15, -0.1) is 10.2 Å². The monoisotopic (exact) mass is 528 g/mol. The quantitative estimate of drug-likeness (QED) is 0.359. The predicted molar refractivity (Wildman–Crippen MR) is 144 cm³/mol. The highest BCUT2D eigenvalue weighted by molar-refractivity contribution is 5.95. The van der Waals surface area contributed by atoms with Gasteiger partial charge in [0.25, 0.3) is 5.56 Å². The highest BCUT2D eigenvalue weighted by Gasteiger charge is 2.37. The summed E-state index contributed by atoms with van der Waals surface area (Å²) >= 11 is 0. The number of methoxy groups -OCH3 is 1. The van der Waals surface area contributed by atoms with Crippen LogP contribution in [0.2, 0.25) is 0 Å². The third kappa shape index (κ3) is 4.90. The zero-order valence-corrected chi connectivity index (χ0v) is 21.6. The third-order valence-corrected chi connectivity index (χ3v) is 7.66. The van der Waals surface area contributed by atoms with Crippen molar-refractivity contribution in [3.8, 4) is 17.4 Å². The summed E-state index contributed by atoms with van der Waals surface area (Å²) in [4.78, 5) is 26.1. The van der Waals surface area contributed by atoms with Crippen molar-refractivity contribution in [1.29, 1.82) is 0 Å². The number of benzene rings is 2. The Morgan fingerprint density at radius 2 is 1.85 bits per heavy atom. The van der Waals surface area contributed by atoms with Crippen LogP contribution in [-0.2, 0) is 18.0 Å². The van der Waals surface area contributed by atoms with Gasteiger partial charge in [-0.2, -0.15) is 0 Å². The summed E-state index contributed by atoms with van der Waals surface area (Å²) in [6.45, 7) is 2.76. The Morgan fingerprint density at radius 1 is 1.05 bits per heavy atom. The molecule has 2 aliphatic heterocycles. The number of para-hydroxylation sites is 1. The lowest BCUT2D eigenvalue weighted by atomic mass is 9.83. The Balaban J connectivity index is 1.19. The lowest BCUT2D eigenvalue weighted by Crippen LogP contribution is -3.13. The Labute approximate surface area is 224 Å². The highest BCUT2D eigenvalue weighted by atomic mass is 16.5. The lowest BCUT2D eigenvalue weighted by Gasteiger charge is -2.40. The van der Waals surface area contributed by atoms with Crippen LogP contribution in [0, 0.1) is 5.92 Å². The van der Waals surface area contributed by atoms with Gasteiger partial charge in [0.1, 0.15) is 11.5 Å². The minimum atomic E-state index is -0.564. The number of nitrogens with zero attached hydrogens (tertiary/aromatic N) is 4. The van der Waals surface area contributed by atoms with Gasteiger partial charge in [-0.05, 0) is 42.8 Å². The Kier molecular flexibility index (Phi) is 6.62. The second-order valence-corrected chi connectivity index (χ2v) is 10.2. The molecule has 6 rings (SSSR count). The molecule has 2 N–H and O–H groups in total. The molecule has 0 saturated carbocycles. The molecule has 3 unspecified atom stereocenters. The number of quaternary nitrogens is 1. The average Bonchev–Trinajstić information content (AvgIpc) is 3.21. The fourth-order valence-electron chi connectivity index (χ4n) is 5.95. The highest BCUT2D eigenvalue weighted by Crippen LogP contribution is 2.38. The van der Waals surface area contributed by atoms with Gasteiger partial charge in [0, 0.05) is 35.5 Å². The van der Waals surface area contributed by atoms with Crippen LogP contribution < -0.4 is 19.9 Å². The van der Waals surface area contributed by atoms with E-state index < -0.39 is 5.91 Å². The second-order valence-electron chi connectivity index (χ2n) is 10.2. The fraction of sp³-hybridized carbons (Fsp3) is 0.310. The molecule has 1 saturated heterocycles. The molecule has 10 heteroatoms. The maximum absolute atomic E-state index is 12.4. The lowest BCUT2D eigenvalue weighted by molar-refractivity contribution is -0.932. The van der Waals surface area contributed by atoms with E-state index in [1.165, 1.54) is 4.90 Å². The molecule has 1 fully saturated rings. The van der Waals surface area contributed by atoms with Gasteiger partial charge in [-0.25, -0.2) is 0 Å². The smallest absolute Gasteiger partial charge is 0.302 e. The minimum absolute atomic E-state index is 0.0244. The van der Waals surface area contributed by atoms with E-state index in [1.807, 2.05) is 39.5 Å². The summed E-state index contributed by atoms with van der Waals surface area (Å²) in [5.41, 5.74) is 2.25. The molecule has 4 heterocycles. The van der Waals surface area contributed by atoms with Crippen LogP contribution >= 0.6 is 0 Å². The minimum Gasteiger partial charge on any atom is -0.497 e. The molecule has 1 amide bonds. The van der Waals surface area contributed by atoms with Gasteiger partial charge < -0.3 is 24.0 Å². The molecular formula is C29H30N5O5+. The number of ether oxygens (including phenoxy) is 2. The van der Waals surface area contributed by atoms with Gasteiger partial charge in [0.05, 0.1) is 25.7 Å². The number of aromatic nitrogens is 2. The molecule has 4 aromatic rings. The van der Waals surface area contributed by atoms with Gasteiger partial charge in [-0.3, -0.25) is 14.2 Å². The van der Waals surface area contributed by atoms with Crippen molar-refractivity contribution in [2.75, 3.05) is 26.8 Å². The van der Waals surface area contributed by atoms with Gasteiger partial charge in [0.2, 0.25) is 5.88 Å². The van der Waals surface area contributed by atoms with Crippen molar-refractivity contribution in [1.82, 2.24) is 9.13 Å². The van der Waals surface area contributed by atoms with Gasteiger partial charge >= 0.3 is 5.91 Å². The largest absolute Gasteiger partial charge is 0.497 e. The van der Waals surface area contributed by atoms with Gasteiger partial charge in [0.15, 0.2) is 19.0 Å². The van der Waals surface area contributed by atoms with E-state index in [1.54, 1.807) is 37.4 Å². The number of rotatable bonds is 7. The third-order valence-electron chi connectivity index (χ3n) is 7.66. The van der Waals surface area contributed by atoms with Crippen molar-refractivity contribution in [2.24, 2.45) is 16.1 Å². The number of likely N-dealkylation sites (tertiary alicyclic amines) is 1. The van der Waals surface area contributed by atoms with E-state index in [0.717, 1.165) is 42.7 Å². The normalized spacial score (nSPS) is 20.2. The van der Waals surface area contributed by atoms with Gasteiger partial charge in [-0.1, -0.05) is 24.3 Å². The van der Waals surface area contributed by atoms with E-state index in [9.17, 15) is 14.7 Å². The van der Waals surface area contributed by atoms with E-state index in [2.05, 4.69) is 16.3 Å². The molecule has 2 aromatic heterocycles. The predicted octanol–water partition coefficient (Wildman–Crippen LogP) is 2.87. The molecule has 3 atom stereocenters. The number of amides is 1. The van der Waals surface area contributed by atoms with Crippen LogP contribution in [0.25, 0.3) is 10.9 Å².